The van der Waals surface area contributed by atoms with Gasteiger partial charge in [0.1, 0.15) is 5.82 Å². The van der Waals surface area contributed by atoms with Gasteiger partial charge in [0.15, 0.2) is 0 Å². The Morgan fingerprint density at radius 2 is 2.06 bits per heavy atom. The highest BCUT2D eigenvalue weighted by atomic mass is 79.9. The summed E-state index contributed by atoms with van der Waals surface area (Å²) >= 11 is 8.75. The zero-order valence-electron chi connectivity index (χ0n) is 9.21. The van der Waals surface area contributed by atoms with Crippen molar-refractivity contribution in [3.05, 3.63) is 33.3 Å². The molecule has 0 aliphatic heterocycles. The van der Waals surface area contributed by atoms with Gasteiger partial charge in [0.2, 0.25) is 17.2 Å². The van der Waals surface area contributed by atoms with Crippen molar-refractivity contribution in [1.82, 2.24) is 15.0 Å². The maximum atomic E-state index is 13.4. The molecule has 0 amide bonds. The Bertz CT molecular complexity index is 587. The molecule has 0 saturated carbocycles. The normalized spacial score (nSPS) is 10.4. The summed E-state index contributed by atoms with van der Waals surface area (Å²) in [5, 5.41) is 2.81. The Hall–Kier alpha value is -1.47. The molecule has 0 aliphatic rings. The number of nitrogens with one attached hydrogen (secondary N) is 1. The summed E-state index contributed by atoms with van der Waals surface area (Å²) in [6, 6.07) is 2.97. The van der Waals surface area contributed by atoms with Crippen LogP contribution in [0.4, 0.5) is 22.0 Å². The van der Waals surface area contributed by atoms with Crippen LogP contribution >= 0.6 is 27.5 Å². The number of halogens is 3. The number of nitrogens with two attached hydrogens (primary N) is 1. The summed E-state index contributed by atoms with van der Waals surface area (Å²) < 4.78 is 13.8. The lowest BCUT2D eigenvalue weighted by atomic mass is 10.2. The lowest BCUT2D eigenvalue weighted by molar-refractivity contribution is 0.621. The lowest BCUT2D eigenvalue weighted by Crippen LogP contribution is -2.04. The van der Waals surface area contributed by atoms with Crippen LogP contribution in [0.5, 0.6) is 0 Å². The van der Waals surface area contributed by atoms with Crippen molar-refractivity contribution >= 4 is 45.1 Å². The molecular formula is C10H8BrClFN5. The van der Waals surface area contributed by atoms with E-state index < -0.39 is 5.82 Å². The van der Waals surface area contributed by atoms with E-state index in [1.54, 1.807) is 6.07 Å². The fourth-order valence-electron chi connectivity index (χ4n) is 1.32. The number of aromatic nitrogens is 3. The molecule has 3 N–H and O–H groups in total. The minimum Gasteiger partial charge on any atom is -0.368 e. The van der Waals surface area contributed by atoms with Crippen molar-refractivity contribution in [2.75, 3.05) is 11.1 Å². The van der Waals surface area contributed by atoms with Crippen LogP contribution in [0.15, 0.2) is 16.6 Å². The van der Waals surface area contributed by atoms with E-state index >= 15 is 0 Å². The first-order valence-electron chi connectivity index (χ1n) is 4.85. The Morgan fingerprint density at radius 1 is 1.33 bits per heavy atom. The van der Waals surface area contributed by atoms with Gasteiger partial charge in [-0.2, -0.15) is 15.0 Å². The first-order chi connectivity index (χ1) is 8.45. The van der Waals surface area contributed by atoms with Gasteiger partial charge in [-0.25, -0.2) is 4.39 Å². The summed E-state index contributed by atoms with van der Waals surface area (Å²) in [4.78, 5) is 11.3. The first kappa shape index (κ1) is 13.0. The molecular weight excluding hydrogens is 325 g/mol. The minimum absolute atomic E-state index is 0.00673. The van der Waals surface area contributed by atoms with Gasteiger partial charge in [0.05, 0.1) is 4.47 Å². The predicted octanol–water partition coefficient (Wildman–Crippen LogP) is 3.06. The number of nitrogen functional groups attached to an aromatic ring is 1. The number of nitrogens with zero attached hydrogens (tertiary/aromatic N) is 3. The van der Waals surface area contributed by atoms with E-state index in [1.165, 1.54) is 6.07 Å². The van der Waals surface area contributed by atoms with Gasteiger partial charge < -0.3 is 11.1 Å². The van der Waals surface area contributed by atoms with E-state index in [9.17, 15) is 4.39 Å². The summed E-state index contributed by atoms with van der Waals surface area (Å²) in [5.74, 6) is -0.235. The highest BCUT2D eigenvalue weighted by molar-refractivity contribution is 9.10. The molecule has 0 radical (unpaired) electrons. The van der Waals surface area contributed by atoms with E-state index in [1.807, 2.05) is 6.92 Å². The van der Waals surface area contributed by atoms with E-state index in [0.717, 1.165) is 5.56 Å². The van der Waals surface area contributed by atoms with Crippen LogP contribution in [-0.2, 0) is 0 Å². The van der Waals surface area contributed by atoms with Crippen LogP contribution < -0.4 is 11.1 Å². The number of hydrogen-bond donors (Lipinski definition) is 2. The van der Waals surface area contributed by atoms with Crippen molar-refractivity contribution < 1.29 is 4.39 Å². The van der Waals surface area contributed by atoms with Crippen LogP contribution in [0.1, 0.15) is 5.56 Å². The van der Waals surface area contributed by atoms with Crippen LogP contribution in [0.25, 0.3) is 0 Å². The zero-order valence-corrected chi connectivity index (χ0v) is 11.5. The SMILES string of the molecule is Cc1cc(Br)c(F)cc1Nc1nc(N)nc(Cl)n1. The standard InChI is InChI=1S/C10H8BrClFN5/c1-4-2-5(11)6(13)3-7(4)15-10-17-8(12)16-9(14)18-10/h2-3H,1H3,(H3,14,15,16,17,18). The van der Waals surface area contributed by atoms with Crippen molar-refractivity contribution in [1.29, 1.82) is 0 Å². The smallest absolute Gasteiger partial charge is 0.233 e. The van der Waals surface area contributed by atoms with E-state index in [0.29, 0.717) is 10.2 Å². The van der Waals surface area contributed by atoms with Crippen molar-refractivity contribution in [2.24, 2.45) is 0 Å². The quantitative estimate of drug-likeness (QED) is 0.884. The van der Waals surface area contributed by atoms with E-state index in [2.05, 4.69) is 36.2 Å². The summed E-state index contributed by atoms with van der Waals surface area (Å²) in [7, 11) is 0. The fourth-order valence-corrected chi connectivity index (χ4v) is 1.95. The highest BCUT2D eigenvalue weighted by Gasteiger charge is 2.08. The number of benzene rings is 1. The van der Waals surface area contributed by atoms with Crippen LogP contribution in [-0.4, -0.2) is 15.0 Å². The van der Waals surface area contributed by atoms with Gasteiger partial charge in [-0.05, 0) is 52.2 Å². The third kappa shape index (κ3) is 2.85. The summed E-state index contributed by atoms with van der Waals surface area (Å²) in [6.07, 6.45) is 0. The third-order valence-electron chi connectivity index (χ3n) is 2.14. The average Bonchev–Trinajstić information content (AvgIpc) is 2.24. The molecule has 0 aliphatic carbocycles. The molecule has 1 aromatic carbocycles. The Balaban J connectivity index is 2.36. The molecule has 0 unspecified atom stereocenters. The molecule has 2 rings (SSSR count). The maximum absolute atomic E-state index is 13.4. The van der Waals surface area contributed by atoms with Crippen molar-refractivity contribution in [2.45, 2.75) is 6.92 Å². The molecule has 1 heterocycles. The van der Waals surface area contributed by atoms with Crippen LogP contribution in [0.3, 0.4) is 0 Å². The van der Waals surface area contributed by atoms with Gasteiger partial charge in [0, 0.05) is 5.69 Å². The topological polar surface area (TPSA) is 76.7 Å². The van der Waals surface area contributed by atoms with Gasteiger partial charge in [0.25, 0.3) is 0 Å². The van der Waals surface area contributed by atoms with Gasteiger partial charge in [-0.3, -0.25) is 0 Å². The molecule has 5 nitrogen and oxygen atoms in total. The Morgan fingerprint density at radius 3 is 2.72 bits per heavy atom. The van der Waals surface area contributed by atoms with Gasteiger partial charge >= 0.3 is 0 Å². The second-order valence-corrected chi connectivity index (χ2v) is 4.68. The molecule has 8 heteroatoms. The average molecular weight is 333 g/mol. The monoisotopic (exact) mass is 331 g/mol. The highest BCUT2D eigenvalue weighted by Crippen LogP contribution is 2.25. The van der Waals surface area contributed by atoms with Crippen LogP contribution in [0.2, 0.25) is 5.28 Å². The maximum Gasteiger partial charge on any atom is 0.233 e. The number of rotatable bonds is 2. The largest absolute Gasteiger partial charge is 0.368 e. The molecule has 0 spiro atoms. The lowest BCUT2D eigenvalue weighted by Gasteiger charge is -2.09. The zero-order chi connectivity index (χ0) is 13.3. The number of aryl methyl sites for hydroxylation is 1. The second kappa shape index (κ2) is 5.03. The Kier molecular flexibility index (Phi) is 3.63. The first-order valence-corrected chi connectivity index (χ1v) is 6.02. The Labute approximate surface area is 116 Å². The number of anilines is 3. The molecule has 0 atom stereocenters. The second-order valence-electron chi connectivity index (χ2n) is 3.49. The van der Waals surface area contributed by atoms with Crippen LogP contribution in [0, 0.1) is 12.7 Å². The van der Waals surface area contributed by atoms with Crippen molar-refractivity contribution in [3.63, 3.8) is 0 Å². The van der Waals surface area contributed by atoms with E-state index in [4.69, 9.17) is 17.3 Å². The summed E-state index contributed by atoms with van der Waals surface area (Å²) in [5.41, 5.74) is 6.78. The minimum atomic E-state index is -0.392. The van der Waals surface area contributed by atoms with Crippen molar-refractivity contribution in [3.8, 4) is 0 Å². The molecule has 1 aromatic heterocycles. The molecule has 0 bridgehead atoms. The number of hydrogen-bond acceptors (Lipinski definition) is 5. The molecule has 0 fully saturated rings. The molecule has 94 valence electrons. The predicted molar refractivity (Wildman–Crippen MR) is 71.4 cm³/mol. The van der Waals surface area contributed by atoms with E-state index in [-0.39, 0.29) is 17.2 Å². The molecule has 2 aromatic rings. The third-order valence-corrected chi connectivity index (χ3v) is 2.92. The molecule has 0 saturated heterocycles. The summed E-state index contributed by atoms with van der Waals surface area (Å²) in [6.45, 7) is 1.82. The molecule has 18 heavy (non-hydrogen) atoms. The fraction of sp³-hybridized carbons (Fsp3) is 0.100. The van der Waals surface area contributed by atoms with Gasteiger partial charge in [-0.15, -0.1) is 0 Å². The van der Waals surface area contributed by atoms with Gasteiger partial charge in [-0.1, -0.05) is 0 Å².